The predicted octanol–water partition coefficient (Wildman–Crippen LogP) is 3.32. The first-order chi connectivity index (χ1) is 15.3. The van der Waals surface area contributed by atoms with Gasteiger partial charge in [-0.25, -0.2) is 9.18 Å². The van der Waals surface area contributed by atoms with Gasteiger partial charge in [-0.1, -0.05) is 32.0 Å². The summed E-state index contributed by atoms with van der Waals surface area (Å²) in [5, 5.41) is 2.89. The van der Waals surface area contributed by atoms with Crippen LogP contribution in [-0.2, 0) is 11.3 Å². The minimum atomic E-state index is -0.450. The molecule has 7 nitrogen and oxygen atoms in total. The van der Waals surface area contributed by atoms with Crippen molar-refractivity contribution in [1.29, 1.82) is 0 Å². The number of rotatable bonds is 7. The minimum Gasteiger partial charge on any atom is -0.378 e. The molecule has 0 aliphatic carbocycles. The van der Waals surface area contributed by atoms with Crippen LogP contribution < -0.4 is 11.1 Å². The molecule has 1 aliphatic heterocycles. The number of ether oxygens (including phenoxy) is 1. The van der Waals surface area contributed by atoms with Gasteiger partial charge in [-0.05, 0) is 47.9 Å². The number of carbonyl (C=O) groups excluding carboxylic acids is 2. The summed E-state index contributed by atoms with van der Waals surface area (Å²) in [7, 11) is 0. The molecule has 172 valence electrons. The Kier molecular flexibility index (Phi) is 7.82. The number of nitrogens with two attached hydrogens (primary N) is 1. The van der Waals surface area contributed by atoms with Gasteiger partial charge in [0.25, 0.3) is 5.91 Å². The summed E-state index contributed by atoms with van der Waals surface area (Å²) in [6, 6.07) is 12.9. The van der Waals surface area contributed by atoms with Crippen molar-refractivity contribution in [3.05, 3.63) is 65.5 Å². The molecule has 32 heavy (non-hydrogen) atoms. The van der Waals surface area contributed by atoms with Gasteiger partial charge < -0.3 is 25.6 Å². The van der Waals surface area contributed by atoms with E-state index in [1.807, 2.05) is 38.1 Å². The minimum absolute atomic E-state index is 0.159. The molecule has 0 radical (unpaired) electrons. The van der Waals surface area contributed by atoms with Crippen molar-refractivity contribution in [2.75, 3.05) is 44.7 Å². The molecule has 3 amide bonds. The Hall–Kier alpha value is -2.97. The van der Waals surface area contributed by atoms with Crippen LogP contribution in [0.15, 0.2) is 48.5 Å². The Morgan fingerprint density at radius 3 is 2.47 bits per heavy atom. The molecule has 3 rings (SSSR count). The first-order valence-corrected chi connectivity index (χ1v) is 10.7. The molecule has 0 atom stereocenters. The van der Waals surface area contributed by atoms with Crippen molar-refractivity contribution < 1.29 is 18.7 Å². The summed E-state index contributed by atoms with van der Waals surface area (Å²) in [6.07, 6.45) is 0. The van der Waals surface area contributed by atoms with E-state index in [9.17, 15) is 14.0 Å². The summed E-state index contributed by atoms with van der Waals surface area (Å²) < 4.78 is 18.9. The van der Waals surface area contributed by atoms with Gasteiger partial charge >= 0.3 is 6.03 Å². The molecule has 0 aromatic heterocycles. The lowest BCUT2D eigenvalue weighted by Gasteiger charge is -2.32. The Labute approximate surface area is 188 Å². The fourth-order valence-electron chi connectivity index (χ4n) is 3.47. The monoisotopic (exact) mass is 442 g/mol. The van der Waals surface area contributed by atoms with Crippen LogP contribution in [0.5, 0.6) is 0 Å². The molecule has 1 saturated heterocycles. The molecule has 1 heterocycles. The maximum Gasteiger partial charge on any atom is 0.321 e. The zero-order valence-electron chi connectivity index (χ0n) is 18.6. The second-order valence-electron chi connectivity index (χ2n) is 8.77. The van der Waals surface area contributed by atoms with Gasteiger partial charge in [-0.3, -0.25) is 4.79 Å². The van der Waals surface area contributed by atoms with Crippen LogP contribution in [0.1, 0.15) is 29.8 Å². The number of carbonyl (C=O) groups is 2. The normalized spacial score (nSPS) is 14.2. The molecular weight excluding hydrogens is 411 g/mol. The van der Waals surface area contributed by atoms with E-state index >= 15 is 0 Å². The van der Waals surface area contributed by atoms with Crippen LogP contribution in [0, 0.1) is 11.2 Å². The Balaban J connectivity index is 1.71. The lowest BCUT2D eigenvalue weighted by atomic mass is 9.92. The summed E-state index contributed by atoms with van der Waals surface area (Å²) >= 11 is 0. The molecule has 0 spiro atoms. The molecule has 0 saturated carbocycles. The van der Waals surface area contributed by atoms with Crippen LogP contribution in [-0.4, -0.2) is 61.1 Å². The first-order valence-electron chi connectivity index (χ1n) is 10.7. The summed E-state index contributed by atoms with van der Waals surface area (Å²) in [5.74, 6) is -0.704. The smallest absolute Gasteiger partial charge is 0.321 e. The van der Waals surface area contributed by atoms with E-state index in [0.717, 1.165) is 5.56 Å². The number of urea groups is 1. The van der Waals surface area contributed by atoms with Crippen LogP contribution in [0.25, 0.3) is 0 Å². The Bertz CT molecular complexity index is 927. The van der Waals surface area contributed by atoms with Gasteiger partial charge in [-0.15, -0.1) is 0 Å². The molecule has 0 unspecified atom stereocenters. The number of morpholine rings is 1. The Morgan fingerprint density at radius 2 is 1.84 bits per heavy atom. The van der Waals surface area contributed by atoms with E-state index in [4.69, 9.17) is 10.5 Å². The quantitative estimate of drug-likeness (QED) is 0.689. The van der Waals surface area contributed by atoms with Crippen LogP contribution in [0.2, 0.25) is 0 Å². The van der Waals surface area contributed by atoms with Gasteiger partial charge in [0.2, 0.25) is 0 Å². The van der Waals surface area contributed by atoms with E-state index in [2.05, 4.69) is 5.32 Å². The van der Waals surface area contributed by atoms with Gasteiger partial charge in [-0.2, -0.15) is 0 Å². The highest BCUT2D eigenvalue weighted by molar-refractivity contribution is 5.94. The summed E-state index contributed by atoms with van der Waals surface area (Å²) in [4.78, 5) is 28.9. The number of anilines is 1. The van der Waals surface area contributed by atoms with Crippen LogP contribution >= 0.6 is 0 Å². The number of benzene rings is 2. The summed E-state index contributed by atoms with van der Waals surface area (Å²) in [6.45, 7) is 7.38. The molecular formula is C24H31FN4O3. The number of hydrogen-bond donors (Lipinski definition) is 2. The topological polar surface area (TPSA) is 87.9 Å². The highest BCUT2D eigenvalue weighted by Crippen LogP contribution is 2.21. The molecule has 1 aliphatic rings. The zero-order chi connectivity index (χ0) is 23.1. The van der Waals surface area contributed by atoms with Crippen molar-refractivity contribution in [3.8, 4) is 0 Å². The third kappa shape index (κ3) is 6.51. The predicted molar refractivity (Wildman–Crippen MR) is 122 cm³/mol. The average molecular weight is 443 g/mol. The molecule has 2 aromatic carbocycles. The van der Waals surface area contributed by atoms with E-state index in [1.54, 1.807) is 15.9 Å². The van der Waals surface area contributed by atoms with Crippen molar-refractivity contribution in [2.45, 2.75) is 20.4 Å². The van der Waals surface area contributed by atoms with Crippen LogP contribution in [0.3, 0.4) is 0 Å². The molecule has 3 N–H and O–H groups in total. The average Bonchev–Trinajstić information content (AvgIpc) is 2.80. The van der Waals surface area contributed by atoms with Crippen molar-refractivity contribution >= 4 is 17.6 Å². The highest BCUT2D eigenvalue weighted by atomic mass is 19.1. The highest BCUT2D eigenvalue weighted by Gasteiger charge is 2.25. The van der Waals surface area contributed by atoms with Gasteiger partial charge in [0.1, 0.15) is 5.82 Å². The SMILES string of the molecule is CC(C)(CN)CN(Cc1ccc(NC(=O)N2CCOCC2)cc1)C(=O)c1cccc(F)c1. The number of nitrogens with one attached hydrogen (secondary N) is 1. The maximum atomic E-state index is 13.7. The molecule has 1 fully saturated rings. The number of amides is 3. The lowest BCUT2D eigenvalue weighted by Crippen LogP contribution is -2.43. The fraction of sp³-hybridized carbons (Fsp3) is 0.417. The lowest BCUT2D eigenvalue weighted by molar-refractivity contribution is 0.0564. The van der Waals surface area contributed by atoms with E-state index < -0.39 is 5.82 Å². The van der Waals surface area contributed by atoms with Crippen LogP contribution in [0.4, 0.5) is 14.9 Å². The Morgan fingerprint density at radius 1 is 1.16 bits per heavy atom. The molecule has 2 aromatic rings. The van der Waals surface area contributed by atoms with E-state index in [0.29, 0.717) is 57.2 Å². The number of nitrogens with zero attached hydrogens (tertiary/aromatic N) is 2. The fourth-order valence-corrected chi connectivity index (χ4v) is 3.47. The summed E-state index contributed by atoms with van der Waals surface area (Å²) in [5.41, 5.74) is 7.46. The third-order valence-corrected chi connectivity index (χ3v) is 5.41. The second-order valence-corrected chi connectivity index (χ2v) is 8.77. The van der Waals surface area contributed by atoms with Gasteiger partial charge in [0, 0.05) is 37.4 Å². The molecule has 0 bridgehead atoms. The van der Waals surface area contributed by atoms with E-state index in [-0.39, 0.29) is 17.4 Å². The zero-order valence-corrected chi connectivity index (χ0v) is 18.6. The number of hydrogen-bond acceptors (Lipinski definition) is 4. The van der Waals surface area contributed by atoms with Crippen molar-refractivity contribution in [2.24, 2.45) is 11.1 Å². The van der Waals surface area contributed by atoms with Crippen molar-refractivity contribution in [1.82, 2.24) is 9.80 Å². The molecule has 8 heteroatoms. The maximum absolute atomic E-state index is 13.7. The van der Waals surface area contributed by atoms with Gasteiger partial charge in [0.05, 0.1) is 13.2 Å². The third-order valence-electron chi connectivity index (χ3n) is 5.41. The number of halogens is 1. The van der Waals surface area contributed by atoms with Gasteiger partial charge in [0.15, 0.2) is 0 Å². The second kappa shape index (κ2) is 10.6. The van der Waals surface area contributed by atoms with Crippen molar-refractivity contribution in [3.63, 3.8) is 0 Å². The van der Waals surface area contributed by atoms with E-state index in [1.165, 1.54) is 18.2 Å². The largest absolute Gasteiger partial charge is 0.378 e. The first kappa shape index (κ1) is 23.7. The standard InChI is InChI=1S/C24H31FN4O3/c1-24(2,16-26)17-29(22(30)19-4-3-5-20(25)14-19)15-18-6-8-21(9-7-18)27-23(31)28-10-12-32-13-11-28/h3-9,14H,10-13,15-17,26H2,1-2H3,(H,27,31).